The fraction of sp³-hybridized carbons (Fsp3) is 0.619. The number of fused-ring (bicyclic) bond motifs is 1. The standard InChI is InChI=1S/C21H31N5O/c1-14-4-7-17(8-5-14)26-12-16(13-26)23-20(27)11-22-21-18-10-15(2)6-9-19(18)25(3)24-21/h6,9-10,14,16-17H,4-5,7-8,11-13H2,1-3H3,(H,22,24)(H,23,27). The molecule has 146 valence electrons. The maximum atomic E-state index is 12.3. The summed E-state index contributed by atoms with van der Waals surface area (Å²) in [5.74, 6) is 1.71. The van der Waals surface area contributed by atoms with Crippen LogP contribution in [0, 0.1) is 12.8 Å². The number of carbonyl (C=O) groups excluding carboxylic acids is 1. The number of amides is 1. The Bertz CT molecular complexity index is 815. The van der Waals surface area contributed by atoms with Crippen molar-refractivity contribution < 1.29 is 4.79 Å². The highest BCUT2D eigenvalue weighted by Crippen LogP contribution is 2.29. The average Bonchev–Trinajstić information content (AvgIpc) is 2.92. The molecular formula is C21H31N5O. The first-order chi connectivity index (χ1) is 13.0. The van der Waals surface area contributed by atoms with E-state index in [1.165, 1.54) is 31.2 Å². The van der Waals surface area contributed by atoms with Crippen molar-refractivity contribution in [2.45, 2.75) is 51.6 Å². The quantitative estimate of drug-likeness (QED) is 0.851. The van der Waals surface area contributed by atoms with Crippen LogP contribution in [0.4, 0.5) is 5.82 Å². The van der Waals surface area contributed by atoms with E-state index in [9.17, 15) is 4.79 Å². The number of aromatic nitrogens is 2. The summed E-state index contributed by atoms with van der Waals surface area (Å²) in [6, 6.07) is 7.28. The minimum atomic E-state index is 0.0448. The van der Waals surface area contributed by atoms with Gasteiger partial charge in [-0.05, 0) is 50.7 Å². The zero-order chi connectivity index (χ0) is 19.0. The molecule has 2 N–H and O–H groups in total. The summed E-state index contributed by atoms with van der Waals surface area (Å²) in [7, 11) is 1.93. The molecule has 0 atom stereocenters. The Hall–Kier alpha value is -2.08. The fourth-order valence-electron chi connectivity index (χ4n) is 4.46. The highest BCUT2D eigenvalue weighted by Gasteiger charge is 2.34. The number of carbonyl (C=O) groups is 1. The van der Waals surface area contributed by atoms with E-state index in [0.29, 0.717) is 6.04 Å². The van der Waals surface area contributed by atoms with Gasteiger partial charge < -0.3 is 10.6 Å². The third kappa shape index (κ3) is 3.95. The van der Waals surface area contributed by atoms with E-state index in [1.54, 1.807) is 0 Å². The van der Waals surface area contributed by atoms with Crippen LogP contribution in [0.2, 0.25) is 0 Å². The van der Waals surface area contributed by atoms with Crippen molar-refractivity contribution in [1.29, 1.82) is 0 Å². The maximum absolute atomic E-state index is 12.3. The Morgan fingerprint density at radius 2 is 1.96 bits per heavy atom. The van der Waals surface area contributed by atoms with Gasteiger partial charge in [0.25, 0.3) is 0 Å². The van der Waals surface area contributed by atoms with Crippen LogP contribution in [0.15, 0.2) is 18.2 Å². The number of hydrogen-bond donors (Lipinski definition) is 2. The molecule has 0 unspecified atom stereocenters. The second kappa shape index (κ2) is 7.50. The van der Waals surface area contributed by atoms with Crippen LogP contribution < -0.4 is 10.6 Å². The third-order valence-corrected chi connectivity index (χ3v) is 6.20. The Morgan fingerprint density at radius 3 is 2.70 bits per heavy atom. The van der Waals surface area contributed by atoms with Crippen LogP contribution in [0.3, 0.4) is 0 Å². The summed E-state index contributed by atoms with van der Waals surface area (Å²) in [5.41, 5.74) is 2.26. The van der Waals surface area contributed by atoms with E-state index in [-0.39, 0.29) is 12.5 Å². The first kappa shape index (κ1) is 18.3. The lowest BCUT2D eigenvalue weighted by Gasteiger charge is -2.46. The molecule has 6 heteroatoms. The van der Waals surface area contributed by atoms with Crippen LogP contribution in [0.25, 0.3) is 10.9 Å². The van der Waals surface area contributed by atoms with Crippen molar-refractivity contribution in [3.8, 4) is 0 Å². The van der Waals surface area contributed by atoms with Gasteiger partial charge in [0, 0.05) is 31.6 Å². The van der Waals surface area contributed by atoms with Crippen molar-refractivity contribution >= 4 is 22.6 Å². The Labute approximate surface area is 161 Å². The van der Waals surface area contributed by atoms with Gasteiger partial charge in [0.05, 0.1) is 18.1 Å². The van der Waals surface area contributed by atoms with E-state index in [2.05, 4.69) is 52.7 Å². The van der Waals surface area contributed by atoms with E-state index in [0.717, 1.165) is 41.8 Å². The molecule has 1 saturated heterocycles. The lowest BCUT2D eigenvalue weighted by molar-refractivity contribution is -0.121. The molecule has 2 aromatic rings. The number of benzene rings is 1. The van der Waals surface area contributed by atoms with Gasteiger partial charge in [-0.1, -0.05) is 18.6 Å². The molecule has 2 fully saturated rings. The second-order valence-corrected chi connectivity index (χ2v) is 8.48. The normalized spacial score (nSPS) is 24.0. The summed E-state index contributed by atoms with van der Waals surface area (Å²) in [5, 5.41) is 11.9. The van der Waals surface area contributed by atoms with E-state index >= 15 is 0 Å². The van der Waals surface area contributed by atoms with Crippen molar-refractivity contribution in [3.63, 3.8) is 0 Å². The van der Waals surface area contributed by atoms with Crippen molar-refractivity contribution in [1.82, 2.24) is 20.0 Å². The molecule has 1 amide bonds. The van der Waals surface area contributed by atoms with E-state index in [4.69, 9.17) is 0 Å². The van der Waals surface area contributed by atoms with Gasteiger partial charge in [0.2, 0.25) is 5.91 Å². The molecule has 0 radical (unpaired) electrons. The number of hydrogen-bond acceptors (Lipinski definition) is 4. The summed E-state index contributed by atoms with van der Waals surface area (Å²) < 4.78 is 1.85. The van der Waals surface area contributed by atoms with Crippen LogP contribution in [0.5, 0.6) is 0 Å². The van der Waals surface area contributed by atoms with Crippen molar-refractivity contribution in [2.75, 3.05) is 25.0 Å². The van der Waals surface area contributed by atoms with Crippen LogP contribution in [-0.4, -0.2) is 52.3 Å². The molecule has 27 heavy (non-hydrogen) atoms. The van der Waals surface area contributed by atoms with Gasteiger partial charge >= 0.3 is 0 Å². The lowest BCUT2D eigenvalue weighted by Crippen LogP contribution is -2.63. The van der Waals surface area contributed by atoms with Crippen molar-refractivity contribution in [2.24, 2.45) is 13.0 Å². The molecule has 1 aromatic heterocycles. The smallest absolute Gasteiger partial charge is 0.239 e. The van der Waals surface area contributed by atoms with Gasteiger partial charge in [-0.2, -0.15) is 5.10 Å². The maximum Gasteiger partial charge on any atom is 0.239 e. The van der Waals surface area contributed by atoms with E-state index in [1.807, 2.05) is 11.7 Å². The minimum Gasteiger partial charge on any atom is -0.359 e. The first-order valence-corrected chi connectivity index (χ1v) is 10.2. The largest absolute Gasteiger partial charge is 0.359 e. The number of nitrogens with zero attached hydrogens (tertiary/aromatic N) is 3. The molecule has 0 spiro atoms. The monoisotopic (exact) mass is 369 g/mol. The number of rotatable bonds is 5. The topological polar surface area (TPSA) is 62.2 Å². The molecule has 2 heterocycles. The molecule has 1 aromatic carbocycles. The number of likely N-dealkylation sites (tertiary alicyclic amines) is 1. The molecule has 2 aliphatic rings. The molecule has 1 saturated carbocycles. The second-order valence-electron chi connectivity index (χ2n) is 8.48. The van der Waals surface area contributed by atoms with Crippen LogP contribution >= 0.6 is 0 Å². The predicted molar refractivity (Wildman–Crippen MR) is 109 cm³/mol. The molecule has 6 nitrogen and oxygen atoms in total. The van der Waals surface area contributed by atoms with Crippen molar-refractivity contribution in [3.05, 3.63) is 23.8 Å². The summed E-state index contributed by atoms with van der Waals surface area (Å²) in [4.78, 5) is 14.9. The lowest BCUT2D eigenvalue weighted by atomic mass is 9.85. The SMILES string of the molecule is Cc1ccc2c(c1)c(NCC(=O)NC1CN(C3CCC(C)CC3)C1)nn2C. The van der Waals surface area contributed by atoms with Crippen LogP contribution in [0.1, 0.15) is 38.2 Å². The molecule has 0 bridgehead atoms. The molecular weight excluding hydrogens is 338 g/mol. The predicted octanol–water partition coefficient (Wildman–Crippen LogP) is 2.67. The Kier molecular flexibility index (Phi) is 5.08. The van der Waals surface area contributed by atoms with Gasteiger partial charge in [-0.15, -0.1) is 0 Å². The third-order valence-electron chi connectivity index (χ3n) is 6.20. The first-order valence-electron chi connectivity index (χ1n) is 10.2. The Balaban J connectivity index is 1.25. The van der Waals surface area contributed by atoms with Gasteiger partial charge in [-0.3, -0.25) is 14.4 Å². The number of aryl methyl sites for hydroxylation is 2. The fourth-order valence-corrected chi connectivity index (χ4v) is 4.46. The Morgan fingerprint density at radius 1 is 1.22 bits per heavy atom. The number of nitrogens with one attached hydrogen (secondary N) is 2. The summed E-state index contributed by atoms with van der Waals surface area (Å²) >= 11 is 0. The minimum absolute atomic E-state index is 0.0448. The molecule has 1 aliphatic heterocycles. The average molecular weight is 370 g/mol. The highest BCUT2D eigenvalue weighted by molar-refractivity contribution is 5.92. The summed E-state index contributed by atoms with van der Waals surface area (Å²) in [6.07, 6.45) is 5.32. The van der Waals surface area contributed by atoms with Crippen LogP contribution in [-0.2, 0) is 11.8 Å². The highest BCUT2D eigenvalue weighted by atomic mass is 16.2. The summed E-state index contributed by atoms with van der Waals surface area (Å²) in [6.45, 7) is 6.68. The van der Waals surface area contributed by atoms with Gasteiger partial charge in [0.1, 0.15) is 0 Å². The molecule has 4 rings (SSSR count). The van der Waals surface area contributed by atoms with E-state index < -0.39 is 0 Å². The zero-order valence-corrected chi connectivity index (χ0v) is 16.7. The zero-order valence-electron chi connectivity index (χ0n) is 16.7. The molecule has 1 aliphatic carbocycles. The van der Waals surface area contributed by atoms with Gasteiger partial charge in [0.15, 0.2) is 5.82 Å². The van der Waals surface area contributed by atoms with Gasteiger partial charge in [-0.25, -0.2) is 0 Å². The number of anilines is 1.